The van der Waals surface area contributed by atoms with E-state index in [0.717, 1.165) is 0 Å². The highest BCUT2D eigenvalue weighted by molar-refractivity contribution is 7.92. The highest BCUT2D eigenvalue weighted by Gasteiger charge is 2.44. The van der Waals surface area contributed by atoms with Crippen molar-refractivity contribution < 1.29 is 18.3 Å². The smallest absolute Gasteiger partial charge is 0.336 e. The molecule has 6 heteroatoms. The molecule has 18 heavy (non-hydrogen) atoms. The molecule has 0 radical (unpaired) electrons. The SMILES string of the molecule is Cc1c(C(=O)O)cc(Cl)c2c1C(C)(C)CS2(=O)=O. The Morgan fingerprint density at radius 1 is 1.44 bits per heavy atom. The molecule has 1 aliphatic rings. The summed E-state index contributed by atoms with van der Waals surface area (Å²) in [6.07, 6.45) is 0. The second-order valence-corrected chi connectivity index (χ2v) is 7.52. The molecule has 0 spiro atoms. The summed E-state index contributed by atoms with van der Waals surface area (Å²) in [6.45, 7) is 5.19. The van der Waals surface area contributed by atoms with Crippen LogP contribution in [0.25, 0.3) is 0 Å². The van der Waals surface area contributed by atoms with Gasteiger partial charge in [0.2, 0.25) is 0 Å². The first-order chi connectivity index (χ1) is 8.08. The topological polar surface area (TPSA) is 71.4 Å². The quantitative estimate of drug-likeness (QED) is 0.861. The Hall–Kier alpha value is -1.07. The van der Waals surface area contributed by atoms with Gasteiger partial charge in [0.1, 0.15) is 0 Å². The Morgan fingerprint density at radius 3 is 2.50 bits per heavy atom. The summed E-state index contributed by atoms with van der Waals surface area (Å²) >= 11 is 5.96. The molecule has 98 valence electrons. The fourth-order valence-corrected chi connectivity index (χ4v) is 5.58. The van der Waals surface area contributed by atoms with Crippen LogP contribution in [0.5, 0.6) is 0 Å². The summed E-state index contributed by atoms with van der Waals surface area (Å²) in [5.41, 5.74) is 0.456. The minimum atomic E-state index is -3.43. The number of aromatic carboxylic acids is 1. The van der Waals surface area contributed by atoms with Crippen molar-refractivity contribution in [3.05, 3.63) is 27.8 Å². The molecule has 0 unspecified atom stereocenters. The molecule has 0 atom stereocenters. The molecule has 0 aromatic heterocycles. The zero-order chi connectivity index (χ0) is 13.9. The number of rotatable bonds is 1. The van der Waals surface area contributed by atoms with Crippen LogP contribution in [-0.4, -0.2) is 25.2 Å². The standard InChI is InChI=1S/C12H13ClO4S/c1-6-7(11(14)15)4-8(13)10-9(6)12(2,3)5-18(10,16)17/h4H,5H2,1-3H3,(H,14,15). The number of fused-ring (bicyclic) bond motifs is 1. The van der Waals surface area contributed by atoms with Crippen LogP contribution in [-0.2, 0) is 15.3 Å². The Labute approximate surface area is 110 Å². The molecule has 0 amide bonds. The largest absolute Gasteiger partial charge is 0.478 e. The number of carbonyl (C=O) groups is 1. The van der Waals surface area contributed by atoms with E-state index in [1.807, 2.05) is 0 Å². The number of carboxylic acid groups (broad SMARTS) is 1. The van der Waals surface area contributed by atoms with Gasteiger partial charge < -0.3 is 5.11 Å². The van der Waals surface area contributed by atoms with Crippen molar-refractivity contribution in [3.63, 3.8) is 0 Å². The Bertz CT molecular complexity index is 659. The monoisotopic (exact) mass is 288 g/mol. The predicted molar refractivity (Wildman–Crippen MR) is 68.2 cm³/mol. The van der Waals surface area contributed by atoms with Gasteiger partial charge >= 0.3 is 5.97 Å². The molecule has 0 bridgehead atoms. The second kappa shape index (κ2) is 3.71. The van der Waals surface area contributed by atoms with Gasteiger partial charge in [-0.15, -0.1) is 0 Å². The van der Waals surface area contributed by atoms with Gasteiger partial charge in [-0.2, -0.15) is 0 Å². The summed E-state index contributed by atoms with van der Waals surface area (Å²) in [6, 6.07) is 1.22. The summed E-state index contributed by atoms with van der Waals surface area (Å²) in [5, 5.41) is 9.11. The van der Waals surface area contributed by atoms with E-state index >= 15 is 0 Å². The molecule has 2 rings (SSSR count). The first kappa shape index (κ1) is 13.4. The van der Waals surface area contributed by atoms with Crippen LogP contribution in [0.3, 0.4) is 0 Å². The lowest BCUT2D eigenvalue weighted by molar-refractivity contribution is 0.0696. The van der Waals surface area contributed by atoms with Gasteiger partial charge in [0.25, 0.3) is 0 Å². The zero-order valence-electron chi connectivity index (χ0n) is 10.2. The summed E-state index contributed by atoms with van der Waals surface area (Å²) < 4.78 is 24.2. The lowest BCUT2D eigenvalue weighted by Gasteiger charge is -2.20. The highest BCUT2D eigenvalue weighted by atomic mass is 35.5. The maximum absolute atomic E-state index is 12.1. The van der Waals surface area contributed by atoms with Gasteiger partial charge in [-0.25, -0.2) is 13.2 Å². The van der Waals surface area contributed by atoms with Crippen molar-refractivity contribution in [2.24, 2.45) is 0 Å². The molecule has 0 aliphatic carbocycles. The fourth-order valence-electron chi connectivity index (χ4n) is 2.69. The lowest BCUT2D eigenvalue weighted by atomic mass is 9.82. The normalized spacial score (nSPS) is 19.6. The first-order valence-corrected chi connectivity index (χ1v) is 7.40. The van der Waals surface area contributed by atoms with Gasteiger partial charge in [-0.1, -0.05) is 25.4 Å². The van der Waals surface area contributed by atoms with E-state index in [-0.39, 0.29) is 21.2 Å². The molecular formula is C12H13ClO4S. The number of carboxylic acids is 1. The summed E-state index contributed by atoms with van der Waals surface area (Å²) in [5.74, 6) is -1.14. The van der Waals surface area contributed by atoms with Crippen LogP contribution in [0.4, 0.5) is 0 Å². The molecule has 1 N–H and O–H groups in total. The fraction of sp³-hybridized carbons (Fsp3) is 0.417. The molecule has 1 aliphatic heterocycles. The second-order valence-electron chi connectivity index (χ2n) is 5.18. The predicted octanol–water partition coefficient (Wildman–Crippen LogP) is 2.41. The van der Waals surface area contributed by atoms with E-state index in [9.17, 15) is 13.2 Å². The Morgan fingerprint density at radius 2 is 2.00 bits per heavy atom. The average Bonchev–Trinajstić information content (AvgIpc) is 2.37. The van der Waals surface area contributed by atoms with Crippen molar-refractivity contribution in [2.75, 3.05) is 5.75 Å². The maximum atomic E-state index is 12.1. The van der Waals surface area contributed by atoms with Gasteiger partial charge in [0.05, 0.1) is 21.2 Å². The van der Waals surface area contributed by atoms with Gasteiger partial charge in [-0.05, 0) is 24.1 Å². The molecule has 0 saturated heterocycles. The number of hydrogen-bond donors (Lipinski definition) is 1. The van der Waals surface area contributed by atoms with Crippen molar-refractivity contribution in [2.45, 2.75) is 31.1 Å². The van der Waals surface area contributed by atoms with Crippen molar-refractivity contribution >= 4 is 27.4 Å². The number of benzene rings is 1. The van der Waals surface area contributed by atoms with E-state index in [1.54, 1.807) is 20.8 Å². The lowest BCUT2D eigenvalue weighted by Crippen LogP contribution is -2.20. The van der Waals surface area contributed by atoms with E-state index in [0.29, 0.717) is 11.1 Å². The van der Waals surface area contributed by atoms with Crippen molar-refractivity contribution in [1.82, 2.24) is 0 Å². The number of sulfone groups is 1. The minimum absolute atomic E-state index is 0.00132. The molecule has 1 aromatic carbocycles. The summed E-state index contributed by atoms with van der Waals surface area (Å²) in [4.78, 5) is 11.2. The van der Waals surface area contributed by atoms with Gasteiger partial charge in [-0.3, -0.25) is 0 Å². The molecule has 1 heterocycles. The van der Waals surface area contributed by atoms with Gasteiger partial charge in [0, 0.05) is 5.41 Å². The van der Waals surface area contributed by atoms with Crippen molar-refractivity contribution in [1.29, 1.82) is 0 Å². The Kier molecular flexibility index (Phi) is 2.76. The van der Waals surface area contributed by atoms with E-state index in [4.69, 9.17) is 16.7 Å². The third-order valence-corrected chi connectivity index (χ3v) is 5.82. The van der Waals surface area contributed by atoms with Crippen LogP contribution in [0, 0.1) is 6.92 Å². The van der Waals surface area contributed by atoms with Crippen LogP contribution in [0.15, 0.2) is 11.0 Å². The maximum Gasteiger partial charge on any atom is 0.336 e. The minimum Gasteiger partial charge on any atom is -0.478 e. The zero-order valence-corrected chi connectivity index (χ0v) is 11.8. The molecule has 1 aromatic rings. The number of hydrogen-bond acceptors (Lipinski definition) is 3. The van der Waals surface area contributed by atoms with E-state index in [2.05, 4.69) is 0 Å². The van der Waals surface area contributed by atoms with Crippen LogP contribution in [0.1, 0.15) is 35.3 Å². The highest BCUT2D eigenvalue weighted by Crippen LogP contribution is 2.45. The molecule has 0 fully saturated rings. The summed E-state index contributed by atoms with van der Waals surface area (Å²) in [7, 11) is -3.43. The molecule has 4 nitrogen and oxygen atoms in total. The van der Waals surface area contributed by atoms with E-state index in [1.165, 1.54) is 6.07 Å². The van der Waals surface area contributed by atoms with Crippen LogP contribution >= 0.6 is 11.6 Å². The average molecular weight is 289 g/mol. The number of halogens is 1. The molecule has 0 saturated carbocycles. The third kappa shape index (κ3) is 1.73. The van der Waals surface area contributed by atoms with E-state index < -0.39 is 21.2 Å². The van der Waals surface area contributed by atoms with Crippen molar-refractivity contribution in [3.8, 4) is 0 Å². The first-order valence-electron chi connectivity index (χ1n) is 5.37. The van der Waals surface area contributed by atoms with Gasteiger partial charge in [0.15, 0.2) is 9.84 Å². The van der Waals surface area contributed by atoms with Crippen LogP contribution in [0.2, 0.25) is 5.02 Å². The van der Waals surface area contributed by atoms with Crippen LogP contribution < -0.4 is 0 Å². The third-order valence-electron chi connectivity index (χ3n) is 3.26. The Balaban J connectivity index is 2.96. The molecular weight excluding hydrogens is 276 g/mol.